The van der Waals surface area contributed by atoms with E-state index in [0.717, 1.165) is 0 Å². The highest BCUT2D eigenvalue weighted by Crippen LogP contribution is 2.29. The lowest BCUT2D eigenvalue weighted by Crippen LogP contribution is -2.44. The maximum Gasteiger partial charge on any atom is 0.0112 e. The molecule has 3 heteroatoms. The van der Waals surface area contributed by atoms with Crippen molar-refractivity contribution in [2.45, 2.75) is 39.2 Å². The Morgan fingerprint density at radius 2 is 2.17 bits per heavy atom. The largest absolute Gasteiger partial charge is 0.317 e. The van der Waals surface area contributed by atoms with E-state index < -0.39 is 0 Å². The topological polar surface area (TPSA) is 15.3 Å². The number of rotatable bonds is 5. The normalized spacial score (nSPS) is 21.1. The van der Waals surface area contributed by atoms with E-state index in [1.807, 2.05) is 11.3 Å². The molecular weight excluding hydrogens is 240 g/mol. The van der Waals surface area contributed by atoms with Gasteiger partial charge in [0.25, 0.3) is 0 Å². The molecule has 2 rings (SSSR count). The Kier molecular flexibility index (Phi) is 4.82. The Labute approximate surface area is 115 Å². The standard InChI is InChI=1S/C15H26N2S/c1-13(11-14-5-4-10-18-14)17(3)12-15(2)6-8-16-9-7-15/h4-5,10,13,16H,6-9,11-12H2,1-3H3. The van der Waals surface area contributed by atoms with Gasteiger partial charge < -0.3 is 10.2 Å². The molecule has 2 nitrogen and oxygen atoms in total. The first-order chi connectivity index (χ1) is 8.59. The summed E-state index contributed by atoms with van der Waals surface area (Å²) in [6.45, 7) is 8.39. The summed E-state index contributed by atoms with van der Waals surface area (Å²) < 4.78 is 0. The molecule has 1 unspecified atom stereocenters. The highest BCUT2D eigenvalue weighted by Gasteiger charge is 2.29. The van der Waals surface area contributed by atoms with Gasteiger partial charge in [0, 0.05) is 17.5 Å². The lowest BCUT2D eigenvalue weighted by molar-refractivity contribution is 0.122. The number of hydrogen-bond donors (Lipinski definition) is 1. The molecule has 1 fully saturated rings. The fraction of sp³-hybridized carbons (Fsp3) is 0.733. The number of nitrogens with zero attached hydrogens (tertiary/aromatic N) is 1. The molecular formula is C15H26N2S. The predicted molar refractivity (Wildman–Crippen MR) is 80.3 cm³/mol. The van der Waals surface area contributed by atoms with Crippen molar-refractivity contribution in [1.29, 1.82) is 0 Å². The number of hydrogen-bond acceptors (Lipinski definition) is 3. The molecule has 1 saturated heterocycles. The van der Waals surface area contributed by atoms with Crippen molar-refractivity contribution in [1.82, 2.24) is 10.2 Å². The van der Waals surface area contributed by atoms with Gasteiger partial charge in [-0.25, -0.2) is 0 Å². The van der Waals surface area contributed by atoms with E-state index in [4.69, 9.17) is 0 Å². The molecule has 0 radical (unpaired) electrons. The van der Waals surface area contributed by atoms with Gasteiger partial charge in [-0.05, 0) is 63.2 Å². The van der Waals surface area contributed by atoms with Crippen molar-refractivity contribution < 1.29 is 0 Å². The first kappa shape index (κ1) is 14.0. The number of nitrogens with one attached hydrogen (secondary N) is 1. The molecule has 0 bridgehead atoms. The Morgan fingerprint density at radius 3 is 2.78 bits per heavy atom. The van der Waals surface area contributed by atoms with E-state index in [1.54, 1.807) is 0 Å². The highest BCUT2D eigenvalue weighted by atomic mass is 32.1. The van der Waals surface area contributed by atoms with E-state index in [-0.39, 0.29) is 0 Å². The van der Waals surface area contributed by atoms with Crippen LogP contribution in [-0.2, 0) is 6.42 Å². The van der Waals surface area contributed by atoms with E-state index in [2.05, 4.69) is 48.6 Å². The van der Waals surface area contributed by atoms with Gasteiger partial charge in [-0.2, -0.15) is 0 Å². The van der Waals surface area contributed by atoms with Crippen molar-refractivity contribution in [3.8, 4) is 0 Å². The molecule has 1 aliphatic rings. The van der Waals surface area contributed by atoms with Crippen molar-refractivity contribution in [3.05, 3.63) is 22.4 Å². The van der Waals surface area contributed by atoms with Gasteiger partial charge >= 0.3 is 0 Å². The van der Waals surface area contributed by atoms with E-state index in [9.17, 15) is 0 Å². The Hall–Kier alpha value is -0.380. The van der Waals surface area contributed by atoms with Gasteiger partial charge in [0.05, 0.1) is 0 Å². The molecule has 0 amide bonds. The summed E-state index contributed by atoms with van der Waals surface area (Å²) >= 11 is 1.88. The van der Waals surface area contributed by atoms with Crippen LogP contribution in [-0.4, -0.2) is 37.6 Å². The first-order valence-corrected chi connectivity index (χ1v) is 7.90. The molecule has 2 heterocycles. The molecule has 0 aromatic carbocycles. The third kappa shape index (κ3) is 3.81. The molecule has 0 spiro atoms. The lowest BCUT2D eigenvalue weighted by atomic mass is 9.80. The smallest absolute Gasteiger partial charge is 0.0112 e. The van der Waals surface area contributed by atoms with Crippen molar-refractivity contribution in [2.75, 3.05) is 26.7 Å². The zero-order chi connectivity index (χ0) is 13.0. The van der Waals surface area contributed by atoms with Gasteiger partial charge in [0.2, 0.25) is 0 Å². The van der Waals surface area contributed by atoms with E-state index in [1.165, 1.54) is 43.8 Å². The SMILES string of the molecule is CC(Cc1cccs1)N(C)CC1(C)CCNCC1. The van der Waals surface area contributed by atoms with Crippen LogP contribution in [0, 0.1) is 5.41 Å². The van der Waals surface area contributed by atoms with Crippen molar-refractivity contribution >= 4 is 11.3 Å². The van der Waals surface area contributed by atoms with Crippen LogP contribution in [0.25, 0.3) is 0 Å². The second-order valence-electron chi connectivity index (χ2n) is 6.11. The van der Waals surface area contributed by atoms with E-state index in [0.29, 0.717) is 11.5 Å². The summed E-state index contributed by atoms with van der Waals surface area (Å²) in [6.07, 6.45) is 3.80. The molecule has 1 N–H and O–H groups in total. The zero-order valence-electron chi connectivity index (χ0n) is 11.9. The summed E-state index contributed by atoms with van der Waals surface area (Å²) in [5.41, 5.74) is 0.504. The second kappa shape index (κ2) is 6.18. The number of thiophene rings is 1. The monoisotopic (exact) mass is 266 g/mol. The Balaban J connectivity index is 1.84. The fourth-order valence-corrected chi connectivity index (χ4v) is 3.65. The Bertz CT molecular complexity index is 341. The van der Waals surface area contributed by atoms with Gasteiger partial charge in [-0.3, -0.25) is 0 Å². The number of piperidine rings is 1. The zero-order valence-corrected chi connectivity index (χ0v) is 12.7. The summed E-state index contributed by atoms with van der Waals surface area (Å²) in [5, 5.41) is 5.64. The summed E-state index contributed by atoms with van der Waals surface area (Å²) in [6, 6.07) is 5.04. The van der Waals surface area contributed by atoms with Crippen LogP contribution in [0.3, 0.4) is 0 Å². The van der Waals surface area contributed by atoms with Crippen LogP contribution < -0.4 is 5.32 Å². The van der Waals surface area contributed by atoms with Crippen molar-refractivity contribution in [2.24, 2.45) is 5.41 Å². The minimum atomic E-state index is 0.504. The maximum absolute atomic E-state index is 3.46. The predicted octanol–water partition coefficient (Wildman–Crippen LogP) is 3.00. The van der Waals surface area contributed by atoms with Crippen LogP contribution in [0.5, 0.6) is 0 Å². The molecule has 1 aromatic heterocycles. The molecule has 102 valence electrons. The van der Waals surface area contributed by atoms with Gasteiger partial charge in [-0.1, -0.05) is 13.0 Å². The quantitative estimate of drug-likeness (QED) is 0.881. The van der Waals surface area contributed by atoms with Gasteiger partial charge in [-0.15, -0.1) is 11.3 Å². The summed E-state index contributed by atoms with van der Waals surface area (Å²) in [7, 11) is 2.28. The van der Waals surface area contributed by atoms with Crippen molar-refractivity contribution in [3.63, 3.8) is 0 Å². The number of likely N-dealkylation sites (N-methyl/N-ethyl adjacent to an activating group) is 1. The third-order valence-corrected chi connectivity index (χ3v) is 5.17. The fourth-order valence-electron chi connectivity index (χ4n) is 2.82. The average Bonchev–Trinajstić information content (AvgIpc) is 2.82. The summed E-state index contributed by atoms with van der Waals surface area (Å²) in [5.74, 6) is 0. The Morgan fingerprint density at radius 1 is 1.44 bits per heavy atom. The van der Waals surface area contributed by atoms with Gasteiger partial charge in [0.1, 0.15) is 0 Å². The maximum atomic E-state index is 3.46. The van der Waals surface area contributed by atoms with Crippen LogP contribution in [0.4, 0.5) is 0 Å². The highest BCUT2D eigenvalue weighted by molar-refractivity contribution is 7.09. The van der Waals surface area contributed by atoms with Crippen LogP contribution in [0.15, 0.2) is 17.5 Å². The minimum absolute atomic E-state index is 0.504. The lowest BCUT2D eigenvalue weighted by Gasteiger charge is -2.39. The molecule has 1 atom stereocenters. The minimum Gasteiger partial charge on any atom is -0.317 e. The molecule has 18 heavy (non-hydrogen) atoms. The average molecular weight is 266 g/mol. The van der Waals surface area contributed by atoms with Gasteiger partial charge in [0.15, 0.2) is 0 Å². The van der Waals surface area contributed by atoms with Crippen LogP contribution in [0.1, 0.15) is 31.6 Å². The van der Waals surface area contributed by atoms with E-state index >= 15 is 0 Å². The van der Waals surface area contributed by atoms with Crippen LogP contribution in [0.2, 0.25) is 0 Å². The van der Waals surface area contributed by atoms with Crippen LogP contribution >= 0.6 is 11.3 Å². The molecule has 1 aliphatic heterocycles. The second-order valence-corrected chi connectivity index (χ2v) is 7.14. The summed E-state index contributed by atoms with van der Waals surface area (Å²) in [4.78, 5) is 4.05. The first-order valence-electron chi connectivity index (χ1n) is 7.02. The molecule has 0 aliphatic carbocycles. The third-order valence-electron chi connectivity index (χ3n) is 4.27. The molecule has 1 aromatic rings. The molecule has 0 saturated carbocycles.